The zero-order valence-corrected chi connectivity index (χ0v) is 20.4. The summed E-state index contributed by atoms with van der Waals surface area (Å²) < 4.78 is 17.1. The Balaban J connectivity index is 1.19. The summed E-state index contributed by atoms with van der Waals surface area (Å²) in [5, 5.41) is 14.0. The van der Waals surface area contributed by atoms with Crippen LogP contribution in [0.4, 0.5) is 0 Å². The maximum Gasteiger partial charge on any atom is 0.215 e. The molecule has 0 radical (unpaired) electrons. The number of aromatic nitrogens is 4. The van der Waals surface area contributed by atoms with E-state index in [9.17, 15) is 4.79 Å². The molecule has 0 aliphatic heterocycles. The number of aryl methyl sites for hydroxylation is 1. The van der Waals surface area contributed by atoms with E-state index in [4.69, 9.17) is 13.9 Å². The second-order valence-corrected chi connectivity index (χ2v) is 8.50. The number of fused-ring (bicyclic) bond motifs is 1. The predicted octanol–water partition coefficient (Wildman–Crippen LogP) is 5.55. The fourth-order valence-corrected chi connectivity index (χ4v) is 3.99. The van der Waals surface area contributed by atoms with Crippen LogP contribution in [0.3, 0.4) is 0 Å². The fraction of sp³-hybridized carbons (Fsp3) is 0.172. The minimum Gasteiger partial charge on any atom is -0.497 e. The molecule has 1 N–H and O–H groups in total. The van der Waals surface area contributed by atoms with Gasteiger partial charge in [0.05, 0.1) is 19.1 Å². The summed E-state index contributed by atoms with van der Waals surface area (Å²) in [6, 6.07) is 23.0. The number of rotatable bonds is 10. The number of H-pyrrole nitrogens is 1. The van der Waals surface area contributed by atoms with Crippen molar-refractivity contribution >= 4 is 23.1 Å². The van der Waals surface area contributed by atoms with Crippen molar-refractivity contribution in [1.29, 1.82) is 0 Å². The highest BCUT2D eigenvalue weighted by molar-refractivity contribution is 5.89. The number of methoxy groups -OCH3 is 1. The number of tetrazole rings is 1. The lowest BCUT2D eigenvalue weighted by Gasteiger charge is -2.07. The van der Waals surface area contributed by atoms with Crippen LogP contribution < -0.4 is 14.9 Å². The molecule has 0 amide bonds. The van der Waals surface area contributed by atoms with Crippen LogP contribution in [0.25, 0.3) is 34.7 Å². The number of hydrogen-bond acceptors (Lipinski definition) is 7. The van der Waals surface area contributed by atoms with Crippen molar-refractivity contribution < 1.29 is 13.9 Å². The monoisotopic (exact) mass is 494 g/mol. The molecule has 8 heteroatoms. The van der Waals surface area contributed by atoms with Gasteiger partial charge in [-0.15, -0.1) is 5.10 Å². The average molecular weight is 495 g/mol. The van der Waals surface area contributed by atoms with E-state index in [1.165, 1.54) is 11.6 Å². The Morgan fingerprint density at radius 1 is 0.946 bits per heavy atom. The highest BCUT2D eigenvalue weighted by atomic mass is 16.5. The van der Waals surface area contributed by atoms with Crippen molar-refractivity contribution in [3.05, 3.63) is 99.7 Å². The second-order valence-electron chi connectivity index (χ2n) is 8.50. The van der Waals surface area contributed by atoms with Gasteiger partial charge in [-0.3, -0.25) is 4.79 Å². The molecule has 0 aliphatic carbocycles. The number of aromatic amines is 1. The third-order valence-electron chi connectivity index (χ3n) is 5.99. The number of benzene rings is 3. The number of ether oxygens (including phenoxy) is 2. The van der Waals surface area contributed by atoms with Gasteiger partial charge in [-0.2, -0.15) is 0 Å². The molecule has 8 nitrogen and oxygen atoms in total. The van der Waals surface area contributed by atoms with Gasteiger partial charge in [0.15, 0.2) is 11.2 Å². The van der Waals surface area contributed by atoms with Gasteiger partial charge in [-0.1, -0.05) is 48.6 Å². The van der Waals surface area contributed by atoms with Crippen molar-refractivity contribution in [3.8, 4) is 23.1 Å². The summed E-state index contributed by atoms with van der Waals surface area (Å²) in [6.45, 7) is 0.670. The summed E-state index contributed by atoms with van der Waals surface area (Å²) in [6.07, 6.45) is 6.94. The van der Waals surface area contributed by atoms with E-state index in [0.717, 1.165) is 41.9 Å². The van der Waals surface area contributed by atoms with Crippen LogP contribution >= 0.6 is 0 Å². The molecule has 0 saturated heterocycles. The van der Waals surface area contributed by atoms with Crippen molar-refractivity contribution in [1.82, 2.24) is 20.6 Å². The van der Waals surface area contributed by atoms with Crippen molar-refractivity contribution in [2.75, 3.05) is 13.7 Å². The maximum absolute atomic E-state index is 12.6. The molecule has 186 valence electrons. The van der Waals surface area contributed by atoms with Gasteiger partial charge < -0.3 is 13.9 Å². The molecule has 2 heterocycles. The molecule has 2 aromatic heterocycles. The molecular formula is C29H26N4O4. The van der Waals surface area contributed by atoms with Crippen molar-refractivity contribution in [2.45, 2.75) is 19.3 Å². The van der Waals surface area contributed by atoms with Crippen LogP contribution in [0.15, 0.2) is 82.0 Å². The first-order valence-corrected chi connectivity index (χ1v) is 12.0. The van der Waals surface area contributed by atoms with E-state index in [0.29, 0.717) is 23.4 Å². The number of hydrogen-bond donors (Lipinski definition) is 1. The van der Waals surface area contributed by atoms with Crippen LogP contribution in [-0.4, -0.2) is 34.3 Å². The standard InChI is InChI=1S/C29H26N4O4/c1-35-23-14-9-20(10-15-23)5-2-3-18-36-24-16-11-21(12-17-24)8-13-22-6-4-7-25-26(34)19-27(37-28(22)25)29-30-32-33-31-29/h4,6-17,19H,2-3,5,18H2,1H3,(H,30,31,32,33). The van der Waals surface area contributed by atoms with E-state index in [1.807, 2.05) is 60.7 Å². The number of para-hydroxylation sites is 1. The van der Waals surface area contributed by atoms with Gasteiger partial charge >= 0.3 is 0 Å². The van der Waals surface area contributed by atoms with Gasteiger partial charge in [0.25, 0.3) is 0 Å². The third kappa shape index (κ3) is 5.92. The summed E-state index contributed by atoms with van der Waals surface area (Å²) in [4.78, 5) is 12.6. The summed E-state index contributed by atoms with van der Waals surface area (Å²) >= 11 is 0. The van der Waals surface area contributed by atoms with Gasteiger partial charge in [-0.05, 0) is 71.1 Å². The largest absolute Gasteiger partial charge is 0.497 e. The summed E-state index contributed by atoms with van der Waals surface area (Å²) in [7, 11) is 1.68. The van der Waals surface area contributed by atoms with Crippen LogP contribution in [0, 0.1) is 0 Å². The number of unbranched alkanes of at least 4 members (excludes halogenated alkanes) is 1. The Morgan fingerprint density at radius 2 is 1.76 bits per heavy atom. The summed E-state index contributed by atoms with van der Waals surface area (Å²) in [5.41, 5.74) is 3.40. The molecule has 5 rings (SSSR count). The SMILES string of the molecule is COc1ccc(CCCCOc2ccc(C=Cc3cccc4c(=O)cc(-c5nnn[nH]5)oc34)cc2)cc1. The molecule has 3 aromatic carbocycles. The first-order valence-electron chi connectivity index (χ1n) is 12.0. The number of nitrogens with one attached hydrogen (secondary N) is 1. The minimum absolute atomic E-state index is 0.159. The van der Waals surface area contributed by atoms with E-state index >= 15 is 0 Å². The van der Waals surface area contributed by atoms with Crippen LogP contribution in [0.5, 0.6) is 11.5 Å². The lowest BCUT2D eigenvalue weighted by molar-refractivity contribution is 0.307. The van der Waals surface area contributed by atoms with E-state index in [2.05, 4.69) is 32.8 Å². The smallest absolute Gasteiger partial charge is 0.215 e. The van der Waals surface area contributed by atoms with Gasteiger partial charge in [0, 0.05) is 11.6 Å². The molecule has 0 spiro atoms. The molecule has 0 atom stereocenters. The van der Waals surface area contributed by atoms with Crippen molar-refractivity contribution in [2.24, 2.45) is 0 Å². The zero-order chi connectivity index (χ0) is 25.5. The van der Waals surface area contributed by atoms with E-state index in [1.54, 1.807) is 13.2 Å². The Morgan fingerprint density at radius 3 is 2.51 bits per heavy atom. The quantitative estimate of drug-likeness (QED) is 0.200. The van der Waals surface area contributed by atoms with Gasteiger partial charge in [0.2, 0.25) is 5.82 Å². The van der Waals surface area contributed by atoms with E-state index in [-0.39, 0.29) is 11.2 Å². The Kier molecular flexibility index (Phi) is 7.36. The highest BCUT2D eigenvalue weighted by Gasteiger charge is 2.11. The molecule has 5 aromatic rings. The Hall–Kier alpha value is -4.72. The molecule has 0 fully saturated rings. The van der Waals surface area contributed by atoms with Crippen molar-refractivity contribution in [3.63, 3.8) is 0 Å². The summed E-state index contributed by atoms with van der Waals surface area (Å²) in [5.74, 6) is 2.30. The fourth-order valence-electron chi connectivity index (χ4n) is 3.99. The Labute approximate surface area is 213 Å². The Bertz CT molecular complexity index is 1540. The molecule has 37 heavy (non-hydrogen) atoms. The van der Waals surface area contributed by atoms with Crippen LogP contribution in [0.2, 0.25) is 0 Å². The molecule has 0 bridgehead atoms. The first-order chi connectivity index (χ1) is 18.2. The van der Waals surface area contributed by atoms with Gasteiger partial charge in [-0.25, -0.2) is 5.10 Å². The molecular weight excluding hydrogens is 468 g/mol. The second kappa shape index (κ2) is 11.3. The minimum atomic E-state index is -0.159. The van der Waals surface area contributed by atoms with Crippen LogP contribution in [0.1, 0.15) is 29.5 Å². The topological polar surface area (TPSA) is 103 Å². The normalized spacial score (nSPS) is 11.3. The maximum atomic E-state index is 12.6. The first kappa shape index (κ1) is 24.0. The molecule has 0 saturated carbocycles. The average Bonchev–Trinajstić information content (AvgIpc) is 3.48. The van der Waals surface area contributed by atoms with Gasteiger partial charge in [0.1, 0.15) is 17.1 Å². The third-order valence-corrected chi connectivity index (χ3v) is 5.99. The predicted molar refractivity (Wildman–Crippen MR) is 142 cm³/mol. The lowest BCUT2D eigenvalue weighted by Crippen LogP contribution is -2.01. The zero-order valence-electron chi connectivity index (χ0n) is 20.4. The molecule has 0 aliphatic rings. The lowest BCUT2D eigenvalue weighted by atomic mass is 10.1. The number of nitrogens with zero attached hydrogens (tertiary/aromatic N) is 3. The molecule has 0 unspecified atom stereocenters. The van der Waals surface area contributed by atoms with E-state index < -0.39 is 0 Å². The van der Waals surface area contributed by atoms with Crippen LogP contribution in [-0.2, 0) is 6.42 Å². The highest BCUT2D eigenvalue weighted by Crippen LogP contribution is 2.24.